The summed E-state index contributed by atoms with van der Waals surface area (Å²) in [5.74, 6) is -0.561. The van der Waals surface area contributed by atoms with E-state index in [9.17, 15) is 9.18 Å². The van der Waals surface area contributed by atoms with E-state index < -0.39 is 11.7 Å². The third-order valence-electron chi connectivity index (χ3n) is 3.43. The fourth-order valence-electron chi connectivity index (χ4n) is 2.32. The van der Waals surface area contributed by atoms with E-state index >= 15 is 0 Å². The second-order valence-corrected chi connectivity index (χ2v) is 6.28. The zero-order chi connectivity index (χ0) is 16.2. The minimum absolute atomic E-state index is 0.0909. The molecule has 2 aromatic heterocycles. The van der Waals surface area contributed by atoms with Crippen LogP contribution in [0.3, 0.4) is 0 Å². The van der Waals surface area contributed by atoms with Crippen molar-refractivity contribution < 1.29 is 13.6 Å². The number of carbonyl (C=O) groups is 1. The van der Waals surface area contributed by atoms with Crippen LogP contribution in [0.5, 0.6) is 0 Å². The highest BCUT2D eigenvalue weighted by molar-refractivity contribution is 7.10. The molecule has 0 radical (unpaired) electrons. The Kier molecular flexibility index (Phi) is 4.79. The quantitative estimate of drug-likeness (QED) is 0.725. The lowest BCUT2D eigenvalue weighted by Crippen LogP contribution is -2.29. The molecular weight excluding hydrogens is 337 g/mol. The van der Waals surface area contributed by atoms with Gasteiger partial charge < -0.3 is 9.73 Å². The number of thiophene rings is 1. The molecule has 3 rings (SSSR count). The molecule has 0 aliphatic carbocycles. The average molecular weight is 350 g/mol. The van der Waals surface area contributed by atoms with Crippen molar-refractivity contribution in [3.05, 3.63) is 81.1 Å². The average Bonchev–Trinajstić information content (AvgIpc) is 3.21. The molecule has 3 nitrogen and oxygen atoms in total. The third kappa shape index (κ3) is 3.46. The van der Waals surface area contributed by atoms with Crippen molar-refractivity contribution in [3.63, 3.8) is 0 Å². The van der Waals surface area contributed by atoms with Gasteiger partial charge in [-0.25, -0.2) is 4.39 Å². The van der Waals surface area contributed by atoms with Gasteiger partial charge in [0.05, 0.1) is 22.8 Å². The van der Waals surface area contributed by atoms with E-state index in [0.29, 0.717) is 0 Å². The van der Waals surface area contributed by atoms with Crippen LogP contribution in [0.25, 0.3) is 0 Å². The number of rotatable bonds is 5. The van der Waals surface area contributed by atoms with Crippen molar-refractivity contribution in [1.29, 1.82) is 0 Å². The van der Waals surface area contributed by atoms with Gasteiger partial charge in [0.15, 0.2) is 0 Å². The second kappa shape index (κ2) is 6.98. The lowest BCUT2D eigenvalue weighted by atomic mass is 10.0. The highest BCUT2D eigenvalue weighted by Gasteiger charge is 2.21. The first-order chi connectivity index (χ1) is 11.2. The summed E-state index contributed by atoms with van der Waals surface area (Å²) in [6.07, 6.45) is 1.59. The molecule has 1 aromatic carbocycles. The smallest absolute Gasteiger partial charge is 0.255 e. The summed E-state index contributed by atoms with van der Waals surface area (Å²) >= 11 is 7.49. The Balaban J connectivity index is 1.78. The van der Waals surface area contributed by atoms with Gasteiger partial charge in [-0.05, 0) is 35.7 Å². The fraction of sp³-hybridized carbons (Fsp3) is 0.118. The summed E-state index contributed by atoms with van der Waals surface area (Å²) in [6.45, 7) is 0.289. The molecule has 0 saturated carbocycles. The second-order valence-electron chi connectivity index (χ2n) is 4.89. The maximum absolute atomic E-state index is 13.8. The third-order valence-corrected chi connectivity index (χ3v) is 4.73. The Hall–Kier alpha value is -2.11. The zero-order valence-electron chi connectivity index (χ0n) is 12.0. The van der Waals surface area contributed by atoms with Gasteiger partial charge in [0.2, 0.25) is 0 Å². The molecule has 2 heterocycles. The monoisotopic (exact) mass is 349 g/mol. The van der Waals surface area contributed by atoms with Gasteiger partial charge in [0.25, 0.3) is 5.91 Å². The Morgan fingerprint density at radius 1 is 1.26 bits per heavy atom. The van der Waals surface area contributed by atoms with E-state index in [0.717, 1.165) is 10.6 Å². The molecule has 1 atom stereocenters. The summed E-state index contributed by atoms with van der Waals surface area (Å²) in [4.78, 5) is 13.3. The van der Waals surface area contributed by atoms with E-state index in [1.807, 2.05) is 23.6 Å². The number of nitrogens with one attached hydrogen (secondary N) is 1. The molecule has 0 fully saturated rings. The zero-order valence-corrected chi connectivity index (χ0v) is 13.5. The number of carbonyl (C=O) groups excluding carboxylic acids is 1. The van der Waals surface area contributed by atoms with Crippen molar-refractivity contribution in [1.82, 2.24) is 5.32 Å². The lowest BCUT2D eigenvalue weighted by Gasteiger charge is -2.15. The van der Waals surface area contributed by atoms with Gasteiger partial charge in [-0.1, -0.05) is 23.7 Å². The van der Waals surface area contributed by atoms with Crippen LogP contribution in [0.4, 0.5) is 4.39 Å². The molecule has 1 amide bonds. The van der Waals surface area contributed by atoms with E-state index in [-0.39, 0.29) is 23.0 Å². The standard InChI is InChI=1S/C17H13ClFNO2S/c18-12-4-1-5-13(19)16(12)17(21)20-10-11(14-6-2-8-22-14)15-7-3-9-23-15/h1-9,11H,10H2,(H,20,21)/t11-/m0/s1. The summed E-state index contributed by atoms with van der Waals surface area (Å²) < 4.78 is 19.3. The number of hydrogen-bond donors (Lipinski definition) is 1. The Morgan fingerprint density at radius 3 is 2.78 bits per heavy atom. The molecule has 0 unspecified atom stereocenters. The van der Waals surface area contributed by atoms with Gasteiger partial charge in [-0.3, -0.25) is 4.79 Å². The van der Waals surface area contributed by atoms with Gasteiger partial charge in [-0.15, -0.1) is 11.3 Å². The van der Waals surface area contributed by atoms with Crippen LogP contribution in [-0.2, 0) is 0 Å². The number of amides is 1. The summed E-state index contributed by atoms with van der Waals surface area (Å²) in [6, 6.07) is 11.7. The Bertz CT molecular complexity index is 733. The molecule has 0 saturated heterocycles. The highest BCUT2D eigenvalue weighted by Crippen LogP contribution is 2.28. The molecule has 1 N–H and O–H groups in total. The maximum Gasteiger partial charge on any atom is 0.255 e. The largest absolute Gasteiger partial charge is 0.469 e. The minimum Gasteiger partial charge on any atom is -0.469 e. The van der Waals surface area contributed by atoms with Crippen LogP contribution in [0.2, 0.25) is 5.02 Å². The lowest BCUT2D eigenvalue weighted by molar-refractivity contribution is 0.0948. The molecule has 0 bridgehead atoms. The summed E-state index contributed by atoms with van der Waals surface area (Å²) in [7, 11) is 0. The van der Waals surface area contributed by atoms with Crippen molar-refractivity contribution in [2.45, 2.75) is 5.92 Å². The number of furan rings is 1. The van der Waals surface area contributed by atoms with E-state index in [1.54, 1.807) is 23.7 Å². The summed E-state index contributed by atoms with van der Waals surface area (Å²) in [5, 5.41) is 4.79. The predicted molar refractivity (Wildman–Crippen MR) is 88.6 cm³/mol. The van der Waals surface area contributed by atoms with Crippen molar-refractivity contribution in [2.75, 3.05) is 6.54 Å². The number of hydrogen-bond acceptors (Lipinski definition) is 3. The molecule has 3 aromatic rings. The van der Waals surface area contributed by atoms with Crippen molar-refractivity contribution >= 4 is 28.8 Å². The van der Waals surface area contributed by atoms with Gasteiger partial charge >= 0.3 is 0 Å². The highest BCUT2D eigenvalue weighted by atomic mass is 35.5. The number of halogens is 2. The van der Waals surface area contributed by atoms with Crippen LogP contribution in [-0.4, -0.2) is 12.5 Å². The van der Waals surface area contributed by atoms with Gasteiger partial charge in [-0.2, -0.15) is 0 Å². The first-order valence-electron chi connectivity index (χ1n) is 6.96. The first kappa shape index (κ1) is 15.8. The van der Waals surface area contributed by atoms with Gasteiger partial charge in [0, 0.05) is 11.4 Å². The molecule has 0 aliphatic rings. The van der Waals surface area contributed by atoms with Crippen molar-refractivity contribution in [3.8, 4) is 0 Å². The Labute approximate surface area is 141 Å². The van der Waals surface area contributed by atoms with Crippen LogP contribution >= 0.6 is 22.9 Å². The van der Waals surface area contributed by atoms with E-state index in [2.05, 4.69) is 5.32 Å². The molecular formula is C17H13ClFNO2S. The van der Waals surface area contributed by atoms with Gasteiger partial charge in [0.1, 0.15) is 11.6 Å². The molecule has 0 aliphatic heterocycles. The molecule has 0 spiro atoms. The maximum atomic E-state index is 13.8. The normalized spacial score (nSPS) is 12.1. The first-order valence-corrected chi connectivity index (χ1v) is 8.21. The van der Waals surface area contributed by atoms with Crippen LogP contribution in [0.15, 0.2) is 58.5 Å². The summed E-state index contributed by atoms with van der Waals surface area (Å²) in [5.41, 5.74) is -0.140. The SMILES string of the molecule is O=C(NC[C@@H](c1ccco1)c1cccs1)c1c(F)cccc1Cl. The number of benzene rings is 1. The van der Waals surface area contributed by atoms with Crippen LogP contribution in [0.1, 0.15) is 26.9 Å². The van der Waals surface area contributed by atoms with E-state index in [4.69, 9.17) is 16.0 Å². The molecule has 6 heteroatoms. The van der Waals surface area contributed by atoms with Crippen LogP contribution in [0, 0.1) is 5.82 Å². The van der Waals surface area contributed by atoms with E-state index in [1.165, 1.54) is 18.2 Å². The fourth-order valence-corrected chi connectivity index (χ4v) is 3.40. The molecule has 23 heavy (non-hydrogen) atoms. The minimum atomic E-state index is -0.638. The topological polar surface area (TPSA) is 42.2 Å². The predicted octanol–water partition coefficient (Wildman–Crippen LogP) is 4.70. The van der Waals surface area contributed by atoms with Crippen LogP contribution < -0.4 is 5.32 Å². The van der Waals surface area contributed by atoms with Crippen molar-refractivity contribution in [2.24, 2.45) is 0 Å². The molecule has 118 valence electrons. The Morgan fingerprint density at radius 2 is 2.13 bits per heavy atom.